The number of hydrogen-bond donors (Lipinski definition) is 1. The number of hydrogen-bond acceptors (Lipinski definition) is 2. The minimum atomic E-state index is -0.719. The summed E-state index contributed by atoms with van der Waals surface area (Å²) < 4.78 is 0. The van der Waals surface area contributed by atoms with Crippen LogP contribution in [0.2, 0.25) is 0 Å². The van der Waals surface area contributed by atoms with Crippen molar-refractivity contribution in [3.05, 3.63) is 10.4 Å². The predicted octanol–water partition coefficient (Wildman–Crippen LogP) is 1.55. The molecule has 0 bridgehead atoms. The SMILES string of the molecule is [N-]=[N+]=NC1CCC2(C(=O)O)CC12. The van der Waals surface area contributed by atoms with Gasteiger partial charge in [-0.3, -0.25) is 4.79 Å². The molecule has 2 aliphatic carbocycles. The zero-order chi connectivity index (χ0) is 8.77. The number of carboxylic acids is 1. The Labute approximate surface area is 69.0 Å². The van der Waals surface area contributed by atoms with Crippen molar-refractivity contribution in [3.63, 3.8) is 0 Å². The highest BCUT2D eigenvalue weighted by Crippen LogP contribution is 2.64. The summed E-state index contributed by atoms with van der Waals surface area (Å²) in [4.78, 5) is 13.5. The molecule has 2 saturated carbocycles. The maximum absolute atomic E-state index is 10.8. The second-order valence-electron chi connectivity index (χ2n) is 3.58. The van der Waals surface area contributed by atoms with Gasteiger partial charge in [0.05, 0.1) is 5.41 Å². The lowest BCUT2D eigenvalue weighted by atomic mass is 10.1. The molecule has 0 aliphatic heterocycles. The first kappa shape index (κ1) is 7.43. The molecule has 0 radical (unpaired) electrons. The Morgan fingerprint density at radius 1 is 1.75 bits per heavy atom. The Kier molecular flexibility index (Phi) is 1.32. The largest absolute Gasteiger partial charge is 0.481 e. The molecule has 12 heavy (non-hydrogen) atoms. The van der Waals surface area contributed by atoms with Crippen LogP contribution in [0.3, 0.4) is 0 Å². The van der Waals surface area contributed by atoms with Crippen molar-refractivity contribution >= 4 is 5.97 Å². The van der Waals surface area contributed by atoms with Gasteiger partial charge < -0.3 is 5.11 Å². The lowest BCUT2D eigenvalue weighted by molar-refractivity contribution is -0.143. The van der Waals surface area contributed by atoms with Gasteiger partial charge in [0, 0.05) is 11.0 Å². The van der Waals surface area contributed by atoms with Gasteiger partial charge in [0.15, 0.2) is 0 Å². The van der Waals surface area contributed by atoms with Crippen LogP contribution >= 0.6 is 0 Å². The van der Waals surface area contributed by atoms with Gasteiger partial charge in [0.25, 0.3) is 0 Å². The lowest BCUT2D eigenvalue weighted by Crippen LogP contribution is -2.13. The highest BCUT2D eigenvalue weighted by Gasteiger charge is 2.66. The molecule has 0 spiro atoms. The third kappa shape index (κ3) is 0.741. The summed E-state index contributed by atoms with van der Waals surface area (Å²) in [5, 5.41) is 12.5. The summed E-state index contributed by atoms with van der Waals surface area (Å²) >= 11 is 0. The van der Waals surface area contributed by atoms with Crippen LogP contribution in [0.1, 0.15) is 19.3 Å². The average Bonchev–Trinajstić information content (AvgIpc) is 2.67. The van der Waals surface area contributed by atoms with E-state index in [9.17, 15) is 4.79 Å². The van der Waals surface area contributed by atoms with Gasteiger partial charge >= 0.3 is 5.97 Å². The van der Waals surface area contributed by atoms with Crippen LogP contribution in [0.15, 0.2) is 5.11 Å². The van der Waals surface area contributed by atoms with E-state index in [1.165, 1.54) is 0 Å². The van der Waals surface area contributed by atoms with E-state index in [0.29, 0.717) is 12.8 Å². The van der Waals surface area contributed by atoms with Crippen molar-refractivity contribution in [1.29, 1.82) is 0 Å². The van der Waals surface area contributed by atoms with Crippen LogP contribution in [-0.4, -0.2) is 17.1 Å². The maximum Gasteiger partial charge on any atom is 0.309 e. The monoisotopic (exact) mass is 167 g/mol. The van der Waals surface area contributed by atoms with Gasteiger partial charge in [0.2, 0.25) is 0 Å². The summed E-state index contributed by atoms with van der Waals surface area (Å²) in [7, 11) is 0. The van der Waals surface area contributed by atoms with Crippen molar-refractivity contribution < 1.29 is 9.90 Å². The van der Waals surface area contributed by atoms with Gasteiger partial charge in [-0.2, -0.15) is 0 Å². The topological polar surface area (TPSA) is 86.1 Å². The third-order valence-corrected chi connectivity index (χ3v) is 3.11. The van der Waals surface area contributed by atoms with Crippen molar-refractivity contribution in [1.82, 2.24) is 0 Å². The average molecular weight is 167 g/mol. The number of rotatable bonds is 2. The van der Waals surface area contributed by atoms with Crippen LogP contribution < -0.4 is 0 Å². The van der Waals surface area contributed by atoms with Crippen LogP contribution in [0.4, 0.5) is 0 Å². The molecular formula is C7H9N3O2. The molecule has 3 unspecified atom stereocenters. The van der Waals surface area contributed by atoms with E-state index in [1.807, 2.05) is 0 Å². The summed E-state index contributed by atoms with van der Waals surface area (Å²) in [5.74, 6) is -0.603. The lowest BCUT2D eigenvalue weighted by Gasteiger charge is -2.01. The standard InChI is InChI=1S/C7H9N3O2/c8-10-9-5-1-2-7(6(11)12)3-4(5)7/h4-5H,1-3H2,(H,11,12). The van der Waals surface area contributed by atoms with Crippen molar-refractivity contribution in [2.24, 2.45) is 16.4 Å². The summed E-state index contributed by atoms with van der Waals surface area (Å²) in [6.45, 7) is 0. The summed E-state index contributed by atoms with van der Waals surface area (Å²) in [6.07, 6.45) is 2.11. The summed E-state index contributed by atoms with van der Waals surface area (Å²) in [6, 6.07) is -0.0638. The minimum Gasteiger partial charge on any atom is -0.481 e. The van der Waals surface area contributed by atoms with Crippen LogP contribution in [0.25, 0.3) is 10.4 Å². The second-order valence-corrected chi connectivity index (χ2v) is 3.58. The Bertz CT molecular complexity index is 284. The van der Waals surface area contributed by atoms with Crippen LogP contribution in [0.5, 0.6) is 0 Å². The molecule has 0 heterocycles. The Morgan fingerprint density at radius 3 is 2.92 bits per heavy atom. The third-order valence-electron chi connectivity index (χ3n) is 3.11. The maximum atomic E-state index is 10.8. The highest BCUT2D eigenvalue weighted by atomic mass is 16.4. The molecule has 2 fully saturated rings. The number of aliphatic carboxylic acids is 1. The highest BCUT2D eigenvalue weighted by molar-refractivity contribution is 5.79. The van der Waals surface area contributed by atoms with Crippen molar-refractivity contribution in [2.75, 3.05) is 0 Å². The number of azide groups is 1. The molecule has 2 rings (SSSR count). The first-order chi connectivity index (χ1) is 5.70. The Balaban J connectivity index is 2.14. The fourth-order valence-corrected chi connectivity index (χ4v) is 2.29. The molecule has 0 aromatic heterocycles. The van der Waals surface area contributed by atoms with E-state index in [-0.39, 0.29) is 12.0 Å². The molecule has 1 N–H and O–H groups in total. The Hall–Kier alpha value is -1.22. The minimum absolute atomic E-state index is 0.0638. The molecule has 0 saturated heterocycles. The Morgan fingerprint density at radius 2 is 2.50 bits per heavy atom. The second kappa shape index (κ2) is 2.14. The van der Waals surface area contributed by atoms with Gasteiger partial charge in [-0.15, -0.1) is 0 Å². The fourth-order valence-electron chi connectivity index (χ4n) is 2.29. The number of fused-ring (bicyclic) bond motifs is 1. The van der Waals surface area contributed by atoms with E-state index < -0.39 is 11.4 Å². The van der Waals surface area contributed by atoms with Gasteiger partial charge in [0.1, 0.15) is 0 Å². The van der Waals surface area contributed by atoms with E-state index in [2.05, 4.69) is 10.0 Å². The normalized spacial score (nSPS) is 43.0. The summed E-state index contributed by atoms with van der Waals surface area (Å²) in [5.41, 5.74) is 7.68. The van der Waals surface area contributed by atoms with Gasteiger partial charge in [-0.05, 0) is 30.7 Å². The first-order valence-corrected chi connectivity index (χ1v) is 3.98. The van der Waals surface area contributed by atoms with Gasteiger partial charge in [-0.1, -0.05) is 5.11 Å². The van der Waals surface area contributed by atoms with Crippen LogP contribution in [0, 0.1) is 11.3 Å². The molecule has 5 nitrogen and oxygen atoms in total. The zero-order valence-electron chi connectivity index (χ0n) is 6.47. The molecule has 0 amide bonds. The molecular weight excluding hydrogens is 158 g/mol. The molecule has 2 aliphatic rings. The number of nitrogens with zero attached hydrogens (tertiary/aromatic N) is 3. The molecule has 0 aromatic carbocycles. The van der Waals surface area contributed by atoms with Crippen molar-refractivity contribution in [3.8, 4) is 0 Å². The number of carboxylic acid groups (broad SMARTS) is 1. The van der Waals surface area contributed by atoms with Crippen molar-refractivity contribution in [2.45, 2.75) is 25.3 Å². The van der Waals surface area contributed by atoms with E-state index >= 15 is 0 Å². The number of carbonyl (C=O) groups is 1. The smallest absolute Gasteiger partial charge is 0.309 e. The molecule has 5 heteroatoms. The quantitative estimate of drug-likeness (QED) is 0.384. The van der Waals surface area contributed by atoms with E-state index in [4.69, 9.17) is 10.6 Å². The van der Waals surface area contributed by atoms with Crippen LogP contribution in [-0.2, 0) is 4.79 Å². The van der Waals surface area contributed by atoms with E-state index in [0.717, 1.165) is 6.42 Å². The molecule has 64 valence electrons. The zero-order valence-corrected chi connectivity index (χ0v) is 6.47. The molecule has 3 atom stereocenters. The molecule has 0 aromatic rings. The first-order valence-electron chi connectivity index (χ1n) is 3.98. The van der Waals surface area contributed by atoms with Gasteiger partial charge in [-0.25, -0.2) is 0 Å². The fraction of sp³-hybridized carbons (Fsp3) is 0.857. The van der Waals surface area contributed by atoms with E-state index in [1.54, 1.807) is 0 Å². The predicted molar refractivity (Wildman–Crippen MR) is 40.3 cm³/mol.